The van der Waals surface area contributed by atoms with Gasteiger partial charge in [-0.05, 0) is 38.3 Å². The van der Waals surface area contributed by atoms with Crippen LogP contribution in [0.5, 0.6) is 0 Å². The highest BCUT2D eigenvalue weighted by molar-refractivity contribution is 7.19. The molecule has 0 atom stereocenters. The highest BCUT2D eigenvalue weighted by Crippen LogP contribution is 2.32. The van der Waals surface area contributed by atoms with E-state index in [2.05, 4.69) is 20.4 Å². The monoisotopic (exact) mass is 389 g/mol. The van der Waals surface area contributed by atoms with Gasteiger partial charge in [-0.25, -0.2) is 0 Å². The van der Waals surface area contributed by atoms with Crippen LogP contribution in [-0.4, -0.2) is 41.6 Å². The Labute approximate surface area is 161 Å². The molecular formula is C18H23N5O3S. The van der Waals surface area contributed by atoms with Crippen LogP contribution in [0, 0.1) is 12.8 Å². The van der Waals surface area contributed by atoms with Crippen molar-refractivity contribution in [1.82, 2.24) is 15.5 Å². The molecule has 144 valence electrons. The van der Waals surface area contributed by atoms with Gasteiger partial charge in [0, 0.05) is 32.0 Å². The molecule has 0 spiro atoms. The van der Waals surface area contributed by atoms with Crippen LogP contribution >= 0.6 is 11.3 Å². The minimum atomic E-state index is 0.00450. The molecule has 0 bridgehead atoms. The molecule has 4 rings (SSSR count). The zero-order valence-corrected chi connectivity index (χ0v) is 16.1. The first-order valence-electron chi connectivity index (χ1n) is 9.32. The van der Waals surface area contributed by atoms with Gasteiger partial charge in [0.25, 0.3) is 0 Å². The normalized spacial score (nSPS) is 18.3. The first-order valence-corrected chi connectivity index (χ1v) is 10.1. The Morgan fingerprint density at radius 2 is 2.04 bits per heavy atom. The molecule has 0 unspecified atom stereocenters. The molecule has 0 aromatic carbocycles. The van der Waals surface area contributed by atoms with Gasteiger partial charge >= 0.3 is 0 Å². The summed E-state index contributed by atoms with van der Waals surface area (Å²) in [6.45, 7) is 4.57. The fraction of sp³-hybridized carbons (Fsp3) is 0.556. The van der Waals surface area contributed by atoms with Crippen molar-refractivity contribution in [2.45, 2.75) is 39.2 Å². The van der Waals surface area contributed by atoms with Crippen molar-refractivity contribution in [2.24, 2.45) is 5.92 Å². The number of carbonyl (C=O) groups excluding carboxylic acids is 2. The van der Waals surface area contributed by atoms with Crippen LogP contribution < -0.4 is 15.1 Å². The molecule has 0 aliphatic carbocycles. The van der Waals surface area contributed by atoms with Gasteiger partial charge in [0.2, 0.25) is 22.1 Å². The van der Waals surface area contributed by atoms with E-state index in [0.29, 0.717) is 18.1 Å². The fourth-order valence-corrected chi connectivity index (χ4v) is 4.47. The predicted octanol–water partition coefficient (Wildman–Crippen LogP) is 2.10. The number of nitrogens with one attached hydrogen (secondary N) is 1. The highest BCUT2D eigenvalue weighted by Gasteiger charge is 2.29. The van der Waals surface area contributed by atoms with E-state index in [0.717, 1.165) is 55.5 Å². The lowest BCUT2D eigenvalue weighted by atomic mass is 9.96. The van der Waals surface area contributed by atoms with Gasteiger partial charge in [0.1, 0.15) is 11.5 Å². The third-order valence-electron chi connectivity index (χ3n) is 5.08. The van der Waals surface area contributed by atoms with E-state index in [4.69, 9.17) is 4.42 Å². The number of furan rings is 1. The molecule has 4 heterocycles. The standard InChI is InChI=1S/C18H23N5O3S/c1-12-4-5-14(26-12)11-19-16(25)13-6-9-22(10-7-13)17-20-21-18(27-17)23-8-2-3-15(23)24/h4-5,13H,2-3,6-11H2,1H3,(H,19,25). The van der Waals surface area contributed by atoms with E-state index < -0.39 is 0 Å². The van der Waals surface area contributed by atoms with Crippen LogP contribution in [0.3, 0.4) is 0 Å². The predicted molar refractivity (Wildman–Crippen MR) is 102 cm³/mol. The first-order chi connectivity index (χ1) is 13.1. The lowest BCUT2D eigenvalue weighted by molar-refractivity contribution is -0.125. The first kappa shape index (κ1) is 18.0. The highest BCUT2D eigenvalue weighted by atomic mass is 32.1. The number of aryl methyl sites for hydroxylation is 1. The van der Waals surface area contributed by atoms with Crippen molar-refractivity contribution < 1.29 is 14.0 Å². The zero-order chi connectivity index (χ0) is 18.8. The summed E-state index contributed by atoms with van der Waals surface area (Å²) in [6, 6.07) is 3.78. The van der Waals surface area contributed by atoms with Crippen LogP contribution in [0.15, 0.2) is 16.5 Å². The van der Waals surface area contributed by atoms with Crippen LogP contribution in [0.1, 0.15) is 37.2 Å². The van der Waals surface area contributed by atoms with Gasteiger partial charge in [0.15, 0.2) is 0 Å². The summed E-state index contributed by atoms with van der Waals surface area (Å²) in [5, 5.41) is 12.9. The molecule has 2 fully saturated rings. The number of amides is 2. The Bertz CT molecular complexity index is 825. The van der Waals surface area contributed by atoms with Crippen molar-refractivity contribution >= 4 is 33.4 Å². The number of piperidine rings is 1. The maximum Gasteiger partial charge on any atom is 0.228 e. The Morgan fingerprint density at radius 1 is 1.26 bits per heavy atom. The number of aromatic nitrogens is 2. The van der Waals surface area contributed by atoms with Crippen LogP contribution in [0.4, 0.5) is 10.3 Å². The van der Waals surface area contributed by atoms with Crippen molar-refractivity contribution in [3.63, 3.8) is 0 Å². The van der Waals surface area contributed by atoms with E-state index in [1.807, 2.05) is 19.1 Å². The summed E-state index contributed by atoms with van der Waals surface area (Å²) in [7, 11) is 0. The van der Waals surface area contributed by atoms with Gasteiger partial charge in [0.05, 0.1) is 6.54 Å². The molecule has 27 heavy (non-hydrogen) atoms. The quantitative estimate of drug-likeness (QED) is 0.842. The second kappa shape index (κ2) is 7.67. The second-order valence-corrected chi connectivity index (χ2v) is 7.94. The lowest BCUT2D eigenvalue weighted by Gasteiger charge is -2.30. The summed E-state index contributed by atoms with van der Waals surface area (Å²) in [5.74, 6) is 1.82. The third kappa shape index (κ3) is 3.97. The summed E-state index contributed by atoms with van der Waals surface area (Å²) in [4.78, 5) is 28.1. The minimum absolute atomic E-state index is 0.00450. The van der Waals surface area contributed by atoms with E-state index in [1.165, 1.54) is 11.3 Å². The zero-order valence-electron chi connectivity index (χ0n) is 15.3. The summed E-state index contributed by atoms with van der Waals surface area (Å²) >= 11 is 1.46. The maximum absolute atomic E-state index is 12.4. The number of nitrogens with zero attached hydrogens (tertiary/aromatic N) is 4. The minimum Gasteiger partial charge on any atom is -0.465 e. The molecule has 9 heteroatoms. The molecular weight excluding hydrogens is 366 g/mol. The number of anilines is 2. The van der Waals surface area contributed by atoms with Crippen molar-refractivity contribution in [2.75, 3.05) is 29.4 Å². The third-order valence-corrected chi connectivity index (χ3v) is 6.08. The SMILES string of the molecule is Cc1ccc(CNC(=O)C2CCN(c3nnc(N4CCCC4=O)s3)CC2)o1. The van der Waals surface area contributed by atoms with Crippen molar-refractivity contribution in [1.29, 1.82) is 0 Å². The number of rotatable bonds is 5. The molecule has 2 aromatic rings. The van der Waals surface area contributed by atoms with Crippen LogP contribution in [-0.2, 0) is 16.1 Å². The number of hydrogen-bond acceptors (Lipinski definition) is 7. The lowest BCUT2D eigenvalue weighted by Crippen LogP contribution is -2.40. The van der Waals surface area contributed by atoms with Gasteiger partial charge in [-0.15, -0.1) is 10.2 Å². The summed E-state index contributed by atoms with van der Waals surface area (Å²) in [5.41, 5.74) is 0. The van der Waals surface area contributed by atoms with Crippen LogP contribution in [0.2, 0.25) is 0 Å². The second-order valence-electron chi connectivity index (χ2n) is 7.01. The molecule has 1 N–H and O–H groups in total. The number of carbonyl (C=O) groups is 2. The van der Waals surface area contributed by atoms with Crippen molar-refractivity contribution in [3.05, 3.63) is 23.7 Å². The van der Waals surface area contributed by atoms with Gasteiger partial charge in [-0.3, -0.25) is 14.5 Å². The molecule has 2 aliphatic heterocycles. The van der Waals surface area contributed by atoms with E-state index in [9.17, 15) is 9.59 Å². The Balaban J connectivity index is 1.28. The Kier molecular flexibility index (Phi) is 5.11. The van der Waals surface area contributed by atoms with E-state index in [1.54, 1.807) is 4.90 Å². The largest absolute Gasteiger partial charge is 0.465 e. The topological polar surface area (TPSA) is 91.6 Å². The van der Waals surface area contributed by atoms with Gasteiger partial charge < -0.3 is 14.6 Å². The van der Waals surface area contributed by atoms with Gasteiger partial charge in [-0.2, -0.15) is 0 Å². The molecule has 2 aromatic heterocycles. The molecule has 8 nitrogen and oxygen atoms in total. The molecule has 2 saturated heterocycles. The van der Waals surface area contributed by atoms with Crippen molar-refractivity contribution in [3.8, 4) is 0 Å². The van der Waals surface area contributed by atoms with Gasteiger partial charge in [-0.1, -0.05) is 11.3 Å². The maximum atomic E-state index is 12.4. The molecule has 2 aliphatic rings. The average Bonchev–Trinajstić information content (AvgIpc) is 3.41. The average molecular weight is 389 g/mol. The molecule has 0 radical (unpaired) electrons. The summed E-state index contributed by atoms with van der Waals surface area (Å²) in [6.07, 6.45) is 3.03. The fourth-order valence-electron chi connectivity index (χ4n) is 3.53. The summed E-state index contributed by atoms with van der Waals surface area (Å²) < 4.78 is 5.48. The Hall–Kier alpha value is -2.42. The van der Waals surface area contributed by atoms with Crippen LogP contribution in [0.25, 0.3) is 0 Å². The molecule has 2 amide bonds. The smallest absolute Gasteiger partial charge is 0.228 e. The number of hydrogen-bond donors (Lipinski definition) is 1. The van der Waals surface area contributed by atoms with E-state index >= 15 is 0 Å². The Morgan fingerprint density at radius 3 is 2.70 bits per heavy atom. The molecule has 0 saturated carbocycles. The van der Waals surface area contributed by atoms with E-state index in [-0.39, 0.29) is 17.7 Å².